The van der Waals surface area contributed by atoms with Gasteiger partial charge in [0.05, 0.1) is 0 Å². The molecule has 0 spiro atoms. The Kier molecular flexibility index (Phi) is 9.63. The van der Waals surface area contributed by atoms with Gasteiger partial charge in [-0.2, -0.15) is 0 Å². The van der Waals surface area contributed by atoms with Gasteiger partial charge in [-0.05, 0) is 46.6 Å². The highest BCUT2D eigenvalue weighted by Crippen LogP contribution is 2.02. The van der Waals surface area contributed by atoms with Crippen molar-refractivity contribution < 1.29 is 0 Å². The molecule has 0 bridgehead atoms. The van der Waals surface area contributed by atoms with Gasteiger partial charge in [-0.3, -0.25) is 0 Å². The largest absolute Gasteiger partial charge is 0.330 e. The van der Waals surface area contributed by atoms with Crippen molar-refractivity contribution in [1.82, 2.24) is 5.32 Å². The van der Waals surface area contributed by atoms with E-state index in [0.29, 0.717) is 6.04 Å². The van der Waals surface area contributed by atoms with Crippen LogP contribution in [0.4, 0.5) is 0 Å². The van der Waals surface area contributed by atoms with Crippen molar-refractivity contribution >= 4 is 0 Å². The first-order valence-corrected chi connectivity index (χ1v) is 5.66. The van der Waals surface area contributed by atoms with Gasteiger partial charge in [-0.25, -0.2) is 0 Å². The van der Waals surface area contributed by atoms with E-state index in [0.717, 1.165) is 18.9 Å². The number of nitrogens with one attached hydrogen (secondary N) is 1. The molecular formula is C12H30N2. The van der Waals surface area contributed by atoms with Crippen molar-refractivity contribution in [3.63, 3.8) is 0 Å². The highest BCUT2D eigenvalue weighted by atomic mass is 15.0. The SMILES string of the molecule is CC(C)C.CC(CCN)NC(C)(C)C. The fourth-order valence-corrected chi connectivity index (χ4v) is 1.06. The standard InChI is InChI=1S/C8H20N2.C4H10/c1-7(5-6-9)10-8(2,3)4;1-4(2)3/h7,10H,5-6,9H2,1-4H3;4H,1-3H3. The van der Waals surface area contributed by atoms with Gasteiger partial charge in [0.25, 0.3) is 0 Å². The molecule has 0 saturated carbocycles. The Hall–Kier alpha value is -0.0800. The van der Waals surface area contributed by atoms with Gasteiger partial charge in [-0.1, -0.05) is 20.8 Å². The van der Waals surface area contributed by atoms with E-state index < -0.39 is 0 Å². The van der Waals surface area contributed by atoms with Crippen molar-refractivity contribution in [1.29, 1.82) is 0 Å². The molecular weight excluding hydrogens is 172 g/mol. The summed E-state index contributed by atoms with van der Waals surface area (Å²) in [6.45, 7) is 15.9. The molecule has 0 heterocycles. The predicted molar refractivity (Wildman–Crippen MR) is 66.5 cm³/mol. The van der Waals surface area contributed by atoms with E-state index in [1.807, 2.05) is 0 Å². The topological polar surface area (TPSA) is 38.0 Å². The van der Waals surface area contributed by atoms with Gasteiger partial charge in [0.2, 0.25) is 0 Å². The third-order valence-electron chi connectivity index (χ3n) is 1.28. The smallest absolute Gasteiger partial charge is 0.00989 e. The van der Waals surface area contributed by atoms with E-state index in [9.17, 15) is 0 Å². The Morgan fingerprint density at radius 3 is 1.64 bits per heavy atom. The Labute approximate surface area is 90.6 Å². The molecule has 1 atom stereocenters. The van der Waals surface area contributed by atoms with E-state index >= 15 is 0 Å². The maximum absolute atomic E-state index is 5.41. The lowest BCUT2D eigenvalue weighted by Gasteiger charge is -2.25. The van der Waals surface area contributed by atoms with Gasteiger partial charge in [0.15, 0.2) is 0 Å². The average Bonchev–Trinajstić information content (AvgIpc) is 1.80. The van der Waals surface area contributed by atoms with Gasteiger partial charge < -0.3 is 11.1 Å². The summed E-state index contributed by atoms with van der Waals surface area (Å²) in [5.41, 5.74) is 5.63. The van der Waals surface area contributed by atoms with Crippen LogP contribution in [0.3, 0.4) is 0 Å². The lowest BCUT2D eigenvalue weighted by molar-refractivity contribution is 0.363. The highest BCUT2D eigenvalue weighted by molar-refractivity contribution is 4.74. The summed E-state index contributed by atoms with van der Waals surface area (Å²) in [6, 6.07) is 0.532. The third kappa shape index (κ3) is 22.7. The minimum absolute atomic E-state index is 0.217. The molecule has 0 aliphatic rings. The zero-order valence-corrected chi connectivity index (χ0v) is 11.1. The Morgan fingerprint density at radius 1 is 1.07 bits per heavy atom. The van der Waals surface area contributed by atoms with Crippen molar-refractivity contribution in [2.24, 2.45) is 11.7 Å². The number of hydrogen-bond donors (Lipinski definition) is 2. The van der Waals surface area contributed by atoms with E-state index in [1.165, 1.54) is 0 Å². The molecule has 0 aliphatic heterocycles. The van der Waals surface area contributed by atoms with Gasteiger partial charge in [0, 0.05) is 11.6 Å². The molecule has 0 aromatic rings. The monoisotopic (exact) mass is 202 g/mol. The van der Waals surface area contributed by atoms with Gasteiger partial charge >= 0.3 is 0 Å². The molecule has 0 saturated heterocycles. The van der Waals surface area contributed by atoms with Crippen molar-refractivity contribution in [2.75, 3.05) is 6.54 Å². The van der Waals surface area contributed by atoms with Crippen LogP contribution in [0.15, 0.2) is 0 Å². The molecule has 2 heteroatoms. The third-order valence-corrected chi connectivity index (χ3v) is 1.28. The van der Waals surface area contributed by atoms with E-state index in [2.05, 4.69) is 53.8 Å². The molecule has 88 valence electrons. The van der Waals surface area contributed by atoms with Crippen LogP contribution in [0.5, 0.6) is 0 Å². The molecule has 0 fully saturated rings. The minimum atomic E-state index is 0.217. The molecule has 0 rings (SSSR count). The van der Waals surface area contributed by atoms with Crippen LogP contribution in [0.25, 0.3) is 0 Å². The van der Waals surface area contributed by atoms with Crippen LogP contribution >= 0.6 is 0 Å². The second kappa shape index (κ2) is 8.25. The molecule has 0 amide bonds. The molecule has 0 radical (unpaired) electrons. The Bertz CT molecular complexity index is 111. The summed E-state index contributed by atoms with van der Waals surface area (Å²) in [7, 11) is 0. The number of nitrogens with two attached hydrogens (primary N) is 1. The lowest BCUT2D eigenvalue weighted by Crippen LogP contribution is -2.42. The second-order valence-electron chi connectivity index (χ2n) is 5.60. The lowest BCUT2D eigenvalue weighted by atomic mass is 10.1. The zero-order valence-electron chi connectivity index (χ0n) is 11.1. The maximum atomic E-state index is 5.41. The summed E-state index contributed by atoms with van der Waals surface area (Å²) in [5, 5.41) is 3.44. The zero-order chi connectivity index (χ0) is 11.8. The van der Waals surface area contributed by atoms with Crippen molar-refractivity contribution in [2.45, 2.75) is 66.5 Å². The Morgan fingerprint density at radius 2 is 1.43 bits per heavy atom. The molecule has 0 aromatic carbocycles. The number of hydrogen-bond acceptors (Lipinski definition) is 2. The molecule has 0 aromatic heterocycles. The number of rotatable bonds is 3. The van der Waals surface area contributed by atoms with E-state index in [-0.39, 0.29) is 5.54 Å². The summed E-state index contributed by atoms with van der Waals surface area (Å²) in [5.74, 6) is 0.833. The Balaban J connectivity index is 0. The van der Waals surface area contributed by atoms with Crippen LogP contribution in [-0.2, 0) is 0 Å². The first kappa shape index (κ1) is 16.4. The summed E-state index contributed by atoms with van der Waals surface area (Å²) < 4.78 is 0. The molecule has 1 unspecified atom stereocenters. The molecule has 14 heavy (non-hydrogen) atoms. The van der Waals surface area contributed by atoms with Crippen LogP contribution in [0.2, 0.25) is 0 Å². The molecule has 3 N–H and O–H groups in total. The van der Waals surface area contributed by atoms with Crippen LogP contribution in [0.1, 0.15) is 54.9 Å². The van der Waals surface area contributed by atoms with Crippen molar-refractivity contribution in [3.05, 3.63) is 0 Å². The highest BCUT2D eigenvalue weighted by Gasteiger charge is 2.11. The normalized spacial score (nSPS) is 13.5. The molecule has 0 aliphatic carbocycles. The minimum Gasteiger partial charge on any atom is -0.330 e. The first-order valence-electron chi connectivity index (χ1n) is 5.66. The van der Waals surface area contributed by atoms with Crippen molar-refractivity contribution in [3.8, 4) is 0 Å². The average molecular weight is 202 g/mol. The quantitative estimate of drug-likeness (QED) is 0.738. The van der Waals surface area contributed by atoms with Crippen LogP contribution in [0, 0.1) is 5.92 Å². The van der Waals surface area contributed by atoms with E-state index in [1.54, 1.807) is 0 Å². The van der Waals surface area contributed by atoms with Gasteiger partial charge in [0.1, 0.15) is 0 Å². The maximum Gasteiger partial charge on any atom is 0.00989 e. The fraction of sp³-hybridized carbons (Fsp3) is 1.00. The van der Waals surface area contributed by atoms with Crippen LogP contribution in [-0.4, -0.2) is 18.1 Å². The van der Waals surface area contributed by atoms with Gasteiger partial charge in [-0.15, -0.1) is 0 Å². The summed E-state index contributed by atoms with van der Waals surface area (Å²) in [4.78, 5) is 0. The van der Waals surface area contributed by atoms with Crippen LogP contribution < -0.4 is 11.1 Å². The first-order chi connectivity index (χ1) is 6.19. The second-order valence-corrected chi connectivity index (χ2v) is 5.60. The molecule has 2 nitrogen and oxygen atoms in total. The summed E-state index contributed by atoms with van der Waals surface area (Å²) in [6.07, 6.45) is 1.05. The fourth-order valence-electron chi connectivity index (χ4n) is 1.06. The van der Waals surface area contributed by atoms with E-state index in [4.69, 9.17) is 5.73 Å². The summed E-state index contributed by atoms with van der Waals surface area (Å²) >= 11 is 0. The predicted octanol–water partition coefficient (Wildman–Crippen LogP) is 2.77.